The van der Waals surface area contributed by atoms with Crippen molar-refractivity contribution in [3.63, 3.8) is 0 Å². The van der Waals surface area contributed by atoms with E-state index >= 15 is 4.39 Å². The number of piperidine rings is 1. The number of halogens is 2. The summed E-state index contributed by atoms with van der Waals surface area (Å²) >= 11 is 6.70. The highest BCUT2D eigenvalue weighted by molar-refractivity contribution is 6.33. The molecular weight excluding hydrogens is 545 g/mol. The third kappa shape index (κ3) is 5.48. The number of likely N-dealkylation sites (tertiary alicyclic amines) is 1. The predicted molar refractivity (Wildman–Crippen MR) is 156 cm³/mol. The molecule has 2 aliphatic rings. The molecule has 0 aliphatic carbocycles. The number of imidazole rings is 1. The maximum absolute atomic E-state index is 15.5. The summed E-state index contributed by atoms with van der Waals surface area (Å²) in [5.41, 5.74) is 3.17. The van der Waals surface area contributed by atoms with Crippen LogP contribution < -0.4 is 4.74 Å². The number of hydrogen-bond acceptors (Lipinski definition) is 8. The summed E-state index contributed by atoms with van der Waals surface area (Å²) in [5, 5.41) is 10.2. The highest BCUT2D eigenvalue weighted by atomic mass is 35.5. The number of nitriles is 1. The van der Waals surface area contributed by atoms with Crippen molar-refractivity contribution in [2.45, 2.75) is 25.8 Å². The molecule has 6 rings (SSSR count). The second kappa shape index (κ2) is 11.4. The number of pyridine rings is 1. The number of nitrogens with zero attached hydrogens (tertiary/aromatic N) is 7. The topological polar surface area (TPSA) is 91.8 Å². The van der Waals surface area contributed by atoms with E-state index in [0.29, 0.717) is 53.2 Å². The fourth-order valence-electron chi connectivity index (χ4n) is 5.54. The van der Waals surface area contributed by atoms with Gasteiger partial charge < -0.3 is 18.9 Å². The van der Waals surface area contributed by atoms with E-state index in [0.717, 1.165) is 48.2 Å². The van der Waals surface area contributed by atoms with Crippen molar-refractivity contribution in [1.29, 1.82) is 5.26 Å². The van der Waals surface area contributed by atoms with Gasteiger partial charge in [-0.05, 0) is 38.0 Å². The largest absolute Gasteiger partial charge is 0.439 e. The van der Waals surface area contributed by atoms with Crippen LogP contribution in [0.15, 0.2) is 53.5 Å². The molecule has 9 nitrogen and oxygen atoms in total. The lowest BCUT2D eigenvalue weighted by atomic mass is 10.0. The average molecular weight is 574 g/mol. The lowest BCUT2D eigenvalue weighted by molar-refractivity contribution is 0.0958. The second-order valence-corrected chi connectivity index (χ2v) is 10.7. The summed E-state index contributed by atoms with van der Waals surface area (Å²) in [6.45, 7) is 4.92. The van der Waals surface area contributed by atoms with Crippen LogP contribution in [0.4, 0.5) is 4.39 Å². The Bertz CT molecular complexity index is 1720. The Labute approximate surface area is 242 Å². The number of rotatable bonds is 5. The molecule has 4 aromatic rings. The number of aromatic nitrogens is 3. The SMILES string of the molecule is Cc1nc2cnc3cc(F)c(-c4ccc(OC5=CCOCN(C)C=N5)cc4Cl)cc3c2n1C1CCN(CC#N)CC1. The van der Waals surface area contributed by atoms with Crippen molar-refractivity contribution < 1.29 is 13.9 Å². The van der Waals surface area contributed by atoms with Crippen molar-refractivity contribution in [2.24, 2.45) is 4.99 Å². The Morgan fingerprint density at radius 3 is 2.78 bits per heavy atom. The Balaban J connectivity index is 1.37. The molecule has 41 heavy (non-hydrogen) atoms. The number of hydrogen-bond donors (Lipinski definition) is 0. The minimum atomic E-state index is -0.417. The van der Waals surface area contributed by atoms with E-state index in [1.165, 1.54) is 6.07 Å². The molecule has 0 atom stereocenters. The molecule has 2 aliphatic heterocycles. The Hall–Kier alpha value is -4.04. The van der Waals surface area contributed by atoms with Crippen LogP contribution in [-0.4, -0.2) is 70.7 Å². The second-order valence-electron chi connectivity index (χ2n) is 10.3. The number of aliphatic imine (C=N–C) groups is 1. The number of aryl methyl sites for hydroxylation is 1. The van der Waals surface area contributed by atoms with Gasteiger partial charge in [0.05, 0.1) is 47.8 Å². The molecule has 210 valence electrons. The Kier molecular flexibility index (Phi) is 7.58. The Morgan fingerprint density at radius 2 is 2.00 bits per heavy atom. The van der Waals surface area contributed by atoms with Gasteiger partial charge in [0.25, 0.3) is 0 Å². The van der Waals surface area contributed by atoms with Gasteiger partial charge in [0.15, 0.2) is 0 Å². The molecule has 1 fully saturated rings. The van der Waals surface area contributed by atoms with Crippen LogP contribution in [0.2, 0.25) is 5.02 Å². The third-order valence-electron chi connectivity index (χ3n) is 7.50. The first kappa shape index (κ1) is 27.1. The maximum atomic E-state index is 15.5. The van der Waals surface area contributed by atoms with E-state index in [9.17, 15) is 0 Å². The third-order valence-corrected chi connectivity index (χ3v) is 7.82. The highest BCUT2D eigenvalue weighted by Crippen LogP contribution is 2.38. The van der Waals surface area contributed by atoms with E-state index in [-0.39, 0.29) is 6.04 Å². The predicted octanol–water partition coefficient (Wildman–Crippen LogP) is 5.68. The van der Waals surface area contributed by atoms with E-state index in [1.54, 1.807) is 41.7 Å². The molecule has 0 N–H and O–H groups in total. The van der Waals surface area contributed by atoms with Gasteiger partial charge in [0.1, 0.15) is 29.6 Å². The fraction of sp³-hybridized carbons (Fsp3) is 0.333. The Morgan fingerprint density at radius 1 is 1.17 bits per heavy atom. The molecule has 4 heterocycles. The molecule has 0 radical (unpaired) electrons. The van der Waals surface area contributed by atoms with Gasteiger partial charge in [-0.15, -0.1) is 0 Å². The maximum Gasteiger partial charge on any atom is 0.218 e. The monoisotopic (exact) mass is 573 g/mol. The molecule has 0 unspecified atom stereocenters. The molecule has 2 aromatic heterocycles. The zero-order valence-electron chi connectivity index (χ0n) is 22.8. The van der Waals surface area contributed by atoms with Crippen molar-refractivity contribution in [1.82, 2.24) is 24.3 Å². The van der Waals surface area contributed by atoms with Gasteiger partial charge in [0, 0.05) is 60.9 Å². The molecule has 0 saturated carbocycles. The van der Waals surface area contributed by atoms with Crippen LogP contribution in [0, 0.1) is 24.1 Å². The van der Waals surface area contributed by atoms with Crippen LogP contribution >= 0.6 is 11.6 Å². The van der Waals surface area contributed by atoms with Gasteiger partial charge in [0.2, 0.25) is 5.88 Å². The van der Waals surface area contributed by atoms with E-state index in [4.69, 9.17) is 31.3 Å². The van der Waals surface area contributed by atoms with E-state index in [2.05, 4.69) is 25.5 Å². The molecule has 2 aromatic carbocycles. The van der Waals surface area contributed by atoms with Gasteiger partial charge in [-0.2, -0.15) is 5.26 Å². The standard InChI is InChI=1S/C30H29ClFN7O2/c1-19-36-28-16-34-27-15-26(32)23(14-24(27)30(28)39(19)20-5-9-38(10-6-20)11-8-33)22-4-3-21(13-25(22)31)41-29-7-12-40-18-37(2)17-35-29/h3-4,7,13-17,20H,5-6,9-12,18H2,1-2H3. The van der Waals surface area contributed by atoms with E-state index in [1.807, 2.05) is 20.0 Å². The first-order chi connectivity index (χ1) is 19.9. The minimum absolute atomic E-state index is 0.226. The zero-order valence-corrected chi connectivity index (χ0v) is 23.6. The van der Waals surface area contributed by atoms with E-state index < -0.39 is 5.82 Å². The van der Waals surface area contributed by atoms with Crippen LogP contribution in [-0.2, 0) is 4.74 Å². The molecular formula is C30H29ClFN7O2. The van der Waals surface area contributed by atoms with Gasteiger partial charge >= 0.3 is 0 Å². The first-order valence-corrected chi connectivity index (χ1v) is 13.9. The lowest BCUT2D eigenvalue weighted by Gasteiger charge is -2.32. The fourth-order valence-corrected chi connectivity index (χ4v) is 5.81. The van der Waals surface area contributed by atoms with Crippen molar-refractivity contribution in [3.05, 3.63) is 65.2 Å². The summed E-state index contributed by atoms with van der Waals surface area (Å²) in [6.07, 6.45) is 6.89. The van der Waals surface area contributed by atoms with Crippen molar-refractivity contribution in [2.75, 3.05) is 40.0 Å². The molecule has 11 heteroatoms. The zero-order chi connectivity index (χ0) is 28.5. The summed E-state index contributed by atoms with van der Waals surface area (Å²) in [4.78, 5) is 17.6. The number of ether oxygens (including phenoxy) is 2. The van der Waals surface area contributed by atoms with Crippen LogP contribution in [0.25, 0.3) is 33.1 Å². The molecule has 0 amide bonds. The summed E-state index contributed by atoms with van der Waals surface area (Å²) in [7, 11) is 1.85. The summed E-state index contributed by atoms with van der Waals surface area (Å²) in [5.74, 6) is 1.33. The van der Waals surface area contributed by atoms with Crippen molar-refractivity contribution in [3.8, 4) is 22.9 Å². The van der Waals surface area contributed by atoms with Crippen LogP contribution in [0.1, 0.15) is 24.7 Å². The molecule has 1 saturated heterocycles. The quantitative estimate of drug-likeness (QED) is 0.284. The smallest absolute Gasteiger partial charge is 0.218 e. The summed E-state index contributed by atoms with van der Waals surface area (Å²) in [6, 6.07) is 10.9. The summed E-state index contributed by atoms with van der Waals surface area (Å²) < 4.78 is 29.2. The normalized spacial score (nSPS) is 17.0. The minimum Gasteiger partial charge on any atom is -0.439 e. The van der Waals surface area contributed by atoms with Crippen LogP contribution in [0.3, 0.4) is 0 Å². The average Bonchev–Trinajstić information content (AvgIpc) is 3.29. The number of fused-ring (bicyclic) bond motifs is 3. The molecule has 0 bridgehead atoms. The van der Waals surface area contributed by atoms with Gasteiger partial charge in [-0.25, -0.2) is 14.4 Å². The molecule has 0 spiro atoms. The van der Waals surface area contributed by atoms with Crippen LogP contribution in [0.5, 0.6) is 5.75 Å². The van der Waals surface area contributed by atoms with Gasteiger partial charge in [-0.3, -0.25) is 9.88 Å². The number of benzene rings is 2. The van der Waals surface area contributed by atoms with Gasteiger partial charge in [-0.1, -0.05) is 11.6 Å². The first-order valence-electron chi connectivity index (χ1n) is 13.5. The lowest BCUT2D eigenvalue weighted by Crippen LogP contribution is -2.35. The van der Waals surface area contributed by atoms with Crippen molar-refractivity contribution >= 4 is 39.9 Å². The highest BCUT2D eigenvalue weighted by Gasteiger charge is 2.25.